The zero-order valence-electron chi connectivity index (χ0n) is 18.7. The summed E-state index contributed by atoms with van der Waals surface area (Å²) in [6, 6.07) is 9.41. The third-order valence-electron chi connectivity index (χ3n) is 6.22. The Labute approximate surface area is 189 Å². The number of benzene rings is 2. The van der Waals surface area contributed by atoms with Gasteiger partial charge in [0.05, 0.1) is 17.6 Å². The van der Waals surface area contributed by atoms with E-state index in [9.17, 15) is 9.59 Å². The van der Waals surface area contributed by atoms with E-state index in [0.29, 0.717) is 33.9 Å². The summed E-state index contributed by atoms with van der Waals surface area (Å²) >= 11 is 1.50. The Balaban J connectivity index is 1.81. The highest BCUT2D eigenvalue weighted by atomic mass is 32.1. The Morgan fingerprint density at radius 3 is 2.34 bits per heavy atom. The highest BCUT2D eigenvalue weighted by Crippen LogP contribution is 2.34. The van der Waals surface area contributed by atoms with Crippen molar-refractivity contribution >= 4 is 21.6 Å². The van der Waals surface area contributed by atoms with Crippen molar-refractivity contribution in [1.82, 2.24) is 9.13 Å². The molecule has 0 spiro atoms. The maximum atomic E-state index is 13.8. The number of aryl methyl sites for hydroxylation is 5. The molecule has 4 aromatic rings. The third kappa shape index (κ3) is 3.07. The zero-order valence-corrected chi connectivity index (χ0v) is 19.6. The molecular weight excluding hydrogens is 424 g/mol. The van der Waals surface area contributed by atoms with Gasteiger partial charge in [-0.2, -0.15) is 0 Å². The molecule has 0 bridgehead atoms. The van der Waals surface area contributed by atoms with Gasteiger partial charge in [0.2, 0.25) is 6.79 Å². The lowest BCUT2D eigenvalue weighted by Gasteiger charge is -2.16. The SMILES string of the molecule is Cc1cc(C)c(Cn2c(=O)n(-c3ccc4c(c3)OCO4)c(=O)c3c(C)c(C)sc32)c(C)c1. The first-order chi connectivity index (χ1) is 15.3. The van der Waals surface area contributed by atoms with E-state index in [1.807, 2.05) is 13.8 Å². The monoisotopic (exact) mass is 448 g/mol. The van der Waals surface area contributed by atoms with Crippen LogP contribution in [-0.2, 0) is 6.54 Å². The van der Waals surface area contributed by atoms with Crippen LogP contribution in [0.5, 0.6) is 11.5 Å². The molecule has 6 nitrogen and oxygen atoms in total. The number of nitrogens with zero attached hydrogens (tertiary/aromatic N) is 2. The minimum absolute atomic E-state index is 0.131. The number of fused-ring (bicyclic) bond motifs is 2. The van der Waals surface area contributed by atoms with Crippen LogP contribution in [0, 0.1) is 34.6 Å². The van der Waals surface area contributed by atoms with Crippen LogP contribution in [0.15, 0.2) is 39.9 Å². The van der Waals surface area contributed by atoms with Gasteiger partial charge in [-0.25, -0.2) is 9.36 Å². The first-order valence-corrected chi connectivity index (χ1v) is 11.3. The molecule has 0 saturated heterocycles. The molecular formula is C25H24N2O4S. The zero-order chi connectivity index (χ0) is 22.7. The summed E-state index contributed by atoms with van der Waals surface area (Å²) in [5.41, 5.74) is 5.27. The fraction of sp³-hybridized carbons (Fsp3) is 0.280. The number of rotatable bonds is 3. The lowest BCUT2D eigenvalue weighted by molar-refractivity contribution is 0.174. The molecule has 0 aliphatic carbocycles. The molecule has 0 fully saturated rings. The summed E-state index contributed by atoms with van der Waals surface area (Å²) in [6.45, 7) is 10.7. The van der Waals surface area contributed by atoms with Gasteiger partial charge < -0.3 is 9.47 Å². The van der Waals surface area contributed by atoms with E-state index in [1.54, 1.807) is 22.8 Å². The lowest BCUT2D eigenvalue weighted by Crippen LogP contribution is -2.39. The molecule has 0 saturated carbocycles. The quantitative estimate of drug-likeness (QED) is 0.462. The second-order valence-electron chi connectivity index (χ2n) is 8.39. The van der Waals surface area contributed by atoms with Crippen LogP contribution in [-0.4, -0.2) is 15.9 Å². The van der Waals surface area contributed by atoms with Crippen molar-refractivity contribution in [2.75, 3.05) is 6.79 Å². The van der Waals surface area contributed by atoms with Gasteiger partial charge in [0.25, 0.3) is 5.56 Å². The maximum Gasteiger partial charge on any atom is 0.337 e. The highest BCUT2D eigenvalue weighted by Gasteiger charge is 2.22. The fourth-order valence-corrected chi connectivity index (χ4v) is 5.61. The van der Waals surface area contributed by atoms with Crippen molar-refractivity contribution in [3.05, 3.63) is 83.9 Å². The number of hydrogen-bond donors (Lipinski definition) is 0. The minimum atomic E-state index is -0.359. The molecule has 1 aliphatic heterocycles. The van der Waals surface area contributed by atoms with Gasteiger partial charge in [-0.15, -0.1) is 11.3 Å². The summed E-state index contributed by atoms with van der Waals surface area (Å²) in [5, 5.41) is 0.590. The van der Waals surface area contributed by atoms with Crippen molar-refractivity contribution in [3.63, 3.8) is 0 Å². The Hall–Kier alpha value is -3.32. The molecule has 164 valence electrons. The second-order valence-corrected chi connectivity index (χ2v) is 9.59. The normalized spacial score (nSPS) is 12.7. The highest BCUT2D eigenvalue weighted by molar-refractivity contribution is 7.18. The molecule has 2 aromatic heterocycles. The van der Waals surface area contributed by atoms with Gasteiger partial charge in [-0.1, -0.05) is 17.7 Å². The van der Waals surface area contributed by atoms with Crippen molar-refractivity contribution < 1.29 is 9.47 Å². The van der Waals surface area contributed by atoms with Crippen LogP contribution in [0.1, 0.15) is 32.7 Å². The molecule has 3 heterocycles. The summed E-state index contributed by atoms with van der Waals surface area (Å²) in [4.78, 5) is 29.1. The number of aromatic nitrogens is 2. The molecule has 1 aliphatic rings. The standard InChI is InChI=1S/C25H24N2O4S/c1-13-8-14(2)19(15(3)9-13)11-26-24-22(16(4)17(5)32-24)23(28)27(25(26)29)18-6-7-20-21(10-18)31-12-30-20/h6-10H,11-12H2,1-5H3. The van der Waals surface area contributed by atoms with E-state index in [2.05, 4.69) is 32.9 Å². The fourth-order valence-electron chi connectivity index (χ4n) is 4.47. The second kappa shape index (κ2) is 7.38. The minimum Gasteiger partial charge on any atom is -0.454 e. The van der Waals surface area contributed by atoms with Crippen LogP contribution in [0.4, 0.5) is 0 Å². The summed E-state index contributed by atoms with van der Waals surface area (Å²) in [6.07, 6.45) is 0. The van der Waals surface area contributed by atoms with Gasteiger partial charge >= 0.3 is 5.69 Å². The molecule has 0 N–H and O–H groups in total. The van der Waals surface area contributed by atoms with Gasteiger partial charge in [-0.05, 0) is 69.0 Å². The van der Waals surface area contributed by atoms with E-state index in [1.165, 1.54) is 21.5 Å². The molecule has 5 rings (SSSR count). The number of hydrogen-bond acceptors (Lipinski definition) is 5. The summed E-state index contributed by atoms with van der Waals surface area (Å²) in [7, 11) is 0. The van der Waals surface area contributed by atoms with E-state index >= 15 is 0 Å². The van der Waals surface area contributed by atoms with Crippen molar-refractivity contribution in [2.45, 2.75) is 41.2 Å². The Morgan fingerprint density at radius 1 is 0.938 bits per heavy atom. The van der Waals surface area contributed by atoms with Crippen LogP contribution in [0.3, 0.4) is 0 Å². The molecule has 7 heteroatoms. The first kappa shape index (κ1) is 20.6. The topological polar surface area (TPSA) is 62.5 Å². The van der Waals surface area contributed by atoms with Gasteiger partial charge in [0.1, 0.15) is 4.83 Å². The molecule has 0 radical (unpaired) electrons. The smallest absolute Gasteiger partial charge is 0.337 e. The Kier molecular flexibility index (Phi) is 4.74. The van der Waals surface area contributed by atoms with Crippen LogP contribution in [0.25, 0.3) is 15.9 Å². The predicted octanol–water partition coefficient (Wildman–Crippen LogP) is 4.53. The van der Waals surface area contributed by atoms with Gasteiger partial charge in [0.15, 0.2) is 11.5 Å². The molecule has 2 aromatic carbocycles. The Bertz CT molecular complexity index is 1500. The molecule has 0 unspecified atom stereocenters. The largest absolute Gasteiger partial charge is 0.454 e. The average Bonchev–Trinajstić information content (AvgIpc) is 3.31. The third-order valence-corrected chi connectivity index (χ3v) is 7.45. The van der Waals surface area contributed by atoms with Crippen LogP contribution in [0.2, 0.25) is 0 Å². The van der Waals surface area contributed by atoms with E-state index in [0.717, 1.165) is 27.1 Å². The van der Waals surface area contributed by atoms with Gasteiger partial charge in [0, 0.05) is 10.9 Å². The lowest BCUT2D eigenvalue weighted by atomic mass is 10.00. The average molecular weight is 449 g/mol. The molecule has 0 atom stereocenters. The summed E-state index contributed by atoms with van der Waals surface area (Å²) in [5.74, 6) is 1.14. The van der Waals surface area contributed by atoms with Crippen molar-refractivity contribution in [2.24, 2.45) is 0 Å². The molecule has 32 heavy (non-hydrogen) atoms. The van der Waals surface area contributed by atoms with E-state index < -0.39 is 0 Å². The van der Waals surface area contributed by atoms with Crippen LogP contribution >= 0.6 is 11.3 Å². The van der Waals surface area contributed by atoms with E-state index in [4.69, 9.17) is 9.47 Å². The van der Waals surface area contributed by atoms with Crippen LogP contribution < -0.4 is 20.7 Å². The Morgan fingerprint density at radius 2 is 1.62 bits per heavy atom. The first-order valence-electron chi connectivity index (χ1n) is 10.5. The summed E-state index contributed by atoms with van der Waals surface area (Å²) < 4.78 is 13.9. The predicted molar refractivity (Wildman–Crippen MR) is 127 cm³/mol. The van der Waals surface area contributed by atoms with E-state index in [-0.39, 0.29) is 18.0 Å². The molecule has 0 amide bonds. The van der Waals surface area contributed by atoms with Gasteiger partial charge in [-0.3, -0.25) is 9.36 Å². The van der Waals surface area contributed by atoms with Crippen molar-refractivity contribution in [3.8, 4) is 17.2 Å². The number of thiophene rings is 1. The van der Waals surface area contributed by atoms with Crippen molar-refractivity contribution in [1.29, 1.82) is 0 Å². The maximum absolute atomic E-state index is 13.8. The number of ether oxygens (including phenoxy) is 2.